The van der Waals surface area contributed by atoms with E-state index in [1.807, 2.05) is 13.0 Å². The Bertz CT molecular complexity index is 692. The molecule has 0 bridgehead atoms. The van der Waals surface area contributed by atoms with Crippen LogP contribution in [0, 0.1) is 24.1 Å². The highest BCUT2D eigenvalue weighted by Gasteiger charge is 2.13. The molecule has 0 spiro atoms. The number of rotatable bonds is 4. The molecule has 1 N–H and O–H groups in total. The zero-order valence-electron chi connectivity index (χ0n) is 12.3. The molecule has 0 aromatic heterocycles. The minimum atomic E-state index is -0.235. The van der Waals surface area contributed by atoms with E-state index in [9.17, 15) is 9.65 Å². The molecule has 0 saturated carbocycles. The molecule has 2 rings (SSSR count). The molecular weight excluding hydrogens is 267 g/mol. The van der Waals surface area contributed by atoms with Crippen molar-refractivity contribution < 1.29 is 9.13 Å². The number of hydrogen-bond donors (Lipinski definition) is 1. The van der Waals surface area contributed by atoms with Gasteiger partial charge in [-0.25, -0.2) is 4.39 Å². The van der Waals surface area contributed by atoms with Crippen LogP contribution in [0.4, 0.5) is 10.1 Å². The van der Waals surface area contributed by atoms with Crippen molar-refractivity contribution in [1.82, 2.24) is 0 Å². The molecule has 1 unspecified atom stereocenters. The van der Waals surface area contributed by atoms with E-state index in [0.29, 0.717) is 22.6 Å². The smallest absolute Gasteiger partial charge is 0.143 e. The second-order valence-electron chi connectivity index (χ2n) is 4.87. The zero-order chi connectivity index (χ0) is 15.4. The van der Waals surface area contributed by atoms with Gasteiger partial charge in [-0.2, -0.15) is 5.26 Å². The van der Waals surface area contributed by atoms with Gasteiger partial charge >= 0.3 is 0 Å². The van der Waals surface area contributed by atoms with Gasteiger partial charge in [0, 0.05) is 6.04 Å². The summed E-state index contributed by atoms with van der Waals surface area (Å²) in [7, 11) is 1.55. The standard InChI is InChI=1S/C17H17FN2O/c1-11-7-8-13(9-15(11)18)12(2)20-17-14(10-19)5-4-6-16(17)21-3/h4-9,12,20H,1-3H3. The van der Waals surface area contributed by atoms with Crippen molar-refractivity contribution in [2.45, 2.75) is 19.9 Å². The van der Waals surface area contributed by atoms with Crippen LogP contribution in [0.25, 0.3) is 0 Å². The number of nitrogens with zero attached hydrogens (tertiary/aromatic N) is 1. The summed E-state index contributed by atoms with van der Waals surface area (Å²) in [5.41, 5.74) is 2.54. The van der Waals surface area contributed by atoms with Crippen LogP contribution in [0.5, 0.6) is 5.75 Å². The molecule has 3 nitrogen and oxygen atoms in total. The minimum Gasteiger partial charge on any atom is -0.495 e. The van der Waals surface area contributed by atoms with Gasteiger partial charge in [0.2, 0.25) is 0 Å². The molecule has 21 heavy (non-hydrogen) atoms. The Kier molecular flexibility index (Phi) is 4.44. The Morgan fingerprint density at radius 2 is 2.05 bits per heavy atom. The van der Waals surface area contributed by atoms with Crippen LogP contribution in [0.3, 0.4) is 0 Å². The van der Waals surface area contributed by atoms with E-state index in [2.05, 4.69) is 11.4 Å². The van der Waals surface area contributed by atoms with E-state index < -0.39 is 0 Å². The van der Waals surface area contributed by atoms with Crippen LogP contribution in [-0.2, 0) is 0 Å². The first-order valence-electron chi connectivity index (χ1n) is 6.66. The Balaban J connectivity index is 2.33. The summed E-state index contributed by atoms with van der Waals surface area (Å²) >= 11 is 0. The molecule has 0 amide bonds. The molecule has 0 saturated heterocycles. The van der Waals surface area contributed by atoms with Crippen molar-refractivity contribution >= 4 is 5.69 Å². The molecule has 4 heteroatoms. The lowest BCUT2D eigenvalue weighted by molar-refractivity contribution is 0.416. The molecule has 0 fully saturated rings. The predicted octanol–water partition coefficient (Wildman–Crippen LogP) is 4.19. The summed E-state index contributed by atoms with van der Waals surface area (Å²) in [6.07, 6.45) is 0. The second-order valence-corrected chi connectivity index (χ2v) is 4.87. The second kappa shape index (κ2) is 6.27. The molecule has 108 valence electrons. The highest BCUT2D eigenvalue weighted by Crippen LogP contribution is 2.31. The van der Waals surface area contributed by atoms with Gasteiger partial charge < -0.3 is 10.1 Å². The monoisotopic (exact) mass is 284 g/mol. The van der Waals surface area contributed by atoms with E-state index in [1.54, 1.807) is 38.3 Å². The zero-order valence-corrected chi connectivity index (χ0v) is 12.3. The number of halogens is 1. The third kappa shape index (κ3) is 3.14. The van der Waals surface area contributed by atoms with Gasteiger partial charge in [0.1, 0.15) is 17.6 Å². The maximum absolute atomic E-state index is 13.7. The van der Waals surface area contributed by atoms with Gasteiger partial charge in [-0.1, -0.05) is 18.2 Å². The van der Waals surface area contributed by atoms with Gasteiger partial charge in [-0.05, 0) is 43.2 Å². The third-order valence-corrected chi connectivity index (χ3v) is 3.42. The topological polar surface area (TPSA) is 45.0 Å². The molecule has 1 atom stereocenters. The summed E-state index contributed by atoms with van der Waals surface area (Å²) in [5.74, 6) is 0.357. The molecule has 2 aromatic rings. The van der Waals surface area contributed by atoms with Crippen LogP contribution >= 0.6 is 0 Å². The lowest BCUT2D eigenvalue weighted by Crippen LogP contribution is -2.09. The van der Waals surface area contributed by atoms with E-state index >= 15 is 0 Å². The number of para-hydroxylation sites is 1. The summed E-state index contributed by atoms with van der Waals surface area (Å²) in [6.45, 7) is 3.64. The SMILES string of the molecule is COc1cccc(C#N)c1NC(C)c1ccc(C)c(F)c1. The number of nitriles is 1. The van der Waals surface area contributed by atoms with Crippen molar-refractivity contribution in [3.8, 4) is 11.8 Å². The largest absolute Gasteiger partial charge is 0.495 e. The number of hydrogen-bond acceptors (Lipinski definition) is 3. The first-order valence-corrected chi connectivity index (χ1v) is 6.66. The Hall–Kier alpha value is -2.54. The maximum Gasteiger partial charge on any atom is 0.143 e. The fraction of sp³-hybridized carbons (Fsp3) is 0.235. The van der Waals surface area contributed by atoms with Crippen LogP contribution in [0.2, 0.25) is 0 Å². The number of benzene rings is 2. The van der Waals surface area contributed by atoms with E-state index in [4.69, 9.17) is 4.74 Å². The van der Waals surface area contributed by atoms with Crippen molar-refractivity contribution in [3.05, 3.63) is 58.9 Å². The Morgan fingerprint density at radius 3 is 2.67 bits per heavy atom. The summed E-state index contributed by atoms with van der Waals surface area (Å²) in [6, 6.07) is 12.4. The lowest BCUT2D eigenvalue weighted by atomic mass is 10.0. The number of methoxy groups -OCH3 is 1. The fourth-order valence-electron chi connectivity index (χ4n) is 2.12. The van der Waals surface area contributed by atoms with Gasteiger partial charge in [0.15, 0.2) is 0 Å². The Morgan fingerprint density at radius 1 is 1.29 bits per heavy atom. The van der Waals surface area contributed by atoms with Crippen molar-refractivity contribution in [2.24, 2.45) is 0 Å². The molecule has 0 aliphatic heterocycles. The number of anilines is 1. The average molecular weight is 284 g/mol. The quantitative estimate of drug-likeness (QED) is 0.915. The molecule has 0 aliphatic carbocycles. The number of ether oxygens (including phenoxy) is 1. The fourth-order valence-corrected chi connectivity index (χ4v) is 2.12. The first-order chi connectivity index (χ1) is 10.1. The third-order valence-electron chi connectivity index (χ3n) is 3.42. The van der Waals surface area contributed by atoms with Crippen molar-refractivity contribution in [1.29, 1.82) is 5.26 Å². The van der Waals surface area contributed by atoms with Crippen molar-refractivity contribution in [3.63, 3.8) is 0 Å². The summed E-state index contributed by atoms with van der Waals surface area (Å²) in [4.78, 5) is 0. The normalized spacial score (nSPS) is 11.6. The minimum absolute atomic E-state index is 0.150. The van der Waals surface area contributed by atoms with Crippen LogP contribution in [0.1, 0.15) is 29.7 Å². The van der Waals surface area contributed by atoms with E-state index in [-0.39, 0.29) is 11.9 Å². The highest BCUT2D eigenvalue weighted by molar-refractivity contribution is 5.67. The lowest BCUT2D eigenvalue weighted by Gasteiger charge is -2.19. The van der Waals surface area contributed by atoms with Crippen LogP contribution in [-0.4, -0.2) is 7.11 Å². The van der Waals surface area contributed by atoms with Crippen LogP contribution < -0.4 is 10.1 Å². The van der Waals surface area contributed by atoms with Gasteiger partial charge in [0.05, 0.1) is 18.4 Å². The molecular formula is C17H17FN2O. The highest BCUT2D eigenvalue weighted by atomic mass is 19.1. The number of nitrogens with one attached hydrogen (secondary N) is 1. The molecule has 0 heterocycles. The molecule has 0 radical (unpaired) electrons. The number of aryl methyl sites for hydroxylation is 1. The Labute approximate surface area is 124 Å². The maximum atomic E-state index is 13.7. The van der Waals surface area contributed by atoms with E-state index in [0.717, 1.165) is 5.56 Å². The average Bonchev–Trinajstić information content (AvgIpc) is 2.50. The van der Waals surface area contributed by atoms with Gasteiger partial charge in [-0.3, -0.25) is 0 Å². The first kappa shape index (κ1) is 14.9. The molecule has 0 aliphatic rings. The van der Waals surface area contributed by atoms with Crippen LogP contribution in [0.15, 0.2) is 36.4 Å². The summed E-state index contributed by atoms with van der Waals surface area (Å²) < 4.78 is 18.9. The van der Waals surface area contributed by atoms with Gasteiger partial charge in [-0.15, -0.1) is 0 Å². The van der Waals surface area contributed by atoms with E-state index in [1.165, 1.54) is 6.07 Å². The molecule has 2 aromatic carbocycles. The summed E-state index contributed by atoms with van der Waals surface area (Å²) in [5, 5.41) is 12.4. The van der Waals surface area contributed by atoms with Gasteiger partial charge in [0.25, 0.3) is 0 Å². The predicted molar refractivity (Wildman–Crippen MR) is 80.9 cm³/mol. The van der Waals surface area contributed by atoms with Crippen molar-refractivity contribution in [2.75, 3.05) is 12.4 Å².